The molecule has 0 radical (unpaired) electrons. The average molecular weight is 487 g/mol. The molecule has 1 N–H and O–H groups in total. The first-order chi connectivity index (χ1) is 17.4. The number of carbonyl (C=O) groups excluding carboxylic acids is 2. The Balaban J connectivity index is 1.87. The van der Waals surface area contributed by atoms with E-state index in [0.29, 0.717) is 31.2 Å². The Labute approximate surface area is 215 Å². The van der Waals surface area contributed by atoms with Crippen molar-refractivity contribution in [2.24, 2.45) is 0 Å². The lowest BCUT2D eigenvalue weighted by Gasteiger charge is -2.32. The lowest BCUT2D eigenvalue weighted by Crippen LogP contribution is -2.51. The summed E-state index contributed by atoms with van der Waals surface area (Å²) in [7, 11) is 0. The largest absolute Gasteiger partial charge is 0.484 e. The van der Waals surface area contributed by atoms with Crippen LogP contribution in [0.25, 0.3) is 0 Å². The zero-order valence-electron chi connectivity index (χ0n) is 21.9. The van der Waals surface area contributed by atoms with Gasteiger partial charge >= 0.3 is 0 Å². The van der Waals surface area contributed by atoms with E-state index in [1.807, 2.05) is 92.7 Å². The number of hydrogen-bond acceptors (Lipinski definition) is 3. The first-order valence-corrected chi connectivity index (χ1v) is 12.8. The van der Waals surface area contributed by atoms with Gasteiger partial charge in [0, 0.05) is 19.5 Å². The van der Waals surface area contributed by atoms with Crippen molar-refractivity contribution in [1.29, 1.82) is 0 Å². The Morgan fingerprint density at radius 3 is 2.22 bits per heavy atom. The molecule has 190 valence electrons. The Bertz CT molecular complexity index is 1110. The Morgan fingerprint density at radius 2 is 1.58 bits per heavy atom. The number of carbonyl (C=O) groups is 2. The van der Waals surface area contributed by atoms with Crippen LogP contribution in [0.4, 0.5) is 0 Å². The molecule has 0 aliphatic heterocycles. The highest BCUT2D eigenvalue weighted by atomic mass is 16.5. The fourth-order valence-corrected chi connectivity index (χ4v) is 4.07. The van der Waals surface area contributed by atoms with E-state index in [2.05, 4.69) is 19.2 Å². The zero-order chi connectivity index (χ0) is 25.9. The molecule has 2 amide bonds. The molecule has 0 spiro atoms. The van der Waals surface area contributed by atoms with Gasteiger partial charge in [0.05, 0.1) is 0 Å². The molecule has 0 aromatic heterocycles. The average Bonchev–Trinajstić information content (AvgIpc) is 2.89. The van der Waals surface area contributed by atoms with Crippen molar-refractivity contribution in [2.75, 3.05) is 13.2 Å². The summed E-state index contributed by atoms with van der Waals surface area (Å²) in [5.74, 6) is 0.687. The van der Waals surface area contributed by atoms with E-state index < -0.39 is 6.04 Å². The van der Waals surface area contributed by atoms with E-state index in [0.717, 1.165) is 23.1 Å². The lowest BCUT2D eigenvalue weighted by molar-refractivity contribution is -0.142. The molecule has 3 aromatic rings. The van der Waals surface area contributed by atoms with Crippen LogP contribution in [0, 0.1) is 6.92 Å². The number of benzene rings is 3. The molecule has 0 heterocycles. The molecule has 0 aliphatic carbocycles. The fraction of sp³-hybridized carbons (Fsp3) is 0.355. The van der Waals surface area contributed by atoms with Crippen molar-refractivity contribution in [2.45, 2.75) is 59.0 Å². The maximum Gasteiger partial charge on any atom is 0.261 e. The second-order valence-corrected chi connectivity index (χ2v) is 9.46. The number of nitrogens with one attached hydrogen (secondary N) is 1. The summed E-state index contributed by atoms with van der Waals surface area (Å²) in [6.07, 6.45) is 1.25. The number of hydrogen-bond donors (Lipinski definition) is 1. The summed E-state index contributed by atoms with van der Waals surface area (Å²) in [6.45, 7) is 9.07. The van der Waals surface area contributed by atoms with Gasteiger partial charge in [-0.05, 0) is 53.6 Å². The van der Waals surface area contributed by atoms with Crippen molar-refractivity contribution in [1.82, 2.24) is 10.2 Å². The van der Waals surface area contributed by atoms with Gasteiger partial charge in [-0.1, -0.05) is 87.5 Å². The Kier molecular flexibility index (Phi) is 10.1. The van der Waals surface area contributed by atoms with Crippen LogP contribution in [0.15, 0.2) is 78.9 Å². The molecule has 5 heteroatoms. The molecule has 1 atom stereocenters. The molecular weight excluding hydrogens is 448 g/mol. The second-order valence-electron chi connectivity index (χ2n) is 9.46. The van der Waals surface area contributed by atoms with Crippen LogP contribution >= 0.6 is 0 Å². The highest BCUT2D eigenvalue weighted by Crippen LogP contribution is 2.20. The minimum atomic E-state index is -0.655. The summed E-state index contributed by atoms with van der Waals surface area (Å²) in [5.41, 5.74) is 4.30. The topological polar surface area (TPSA) is 58.6 Å². The van der Waals surface area contributed by atoms with Gasteiger partial charge in [-0.2, -0.15) is 0 Å². The third-order valence-corrected chi connectivity index (χ3v) is 6.33. The lowest BCUT2D eigenvalue weighted by atomic mass is 10.0. The van der Waals surface area contributed by atoms with Crippen molar-refractivity contribution in [3.63, 3.8) is 0 Å². The van der Waals surface area contributed by atoms with E-state index in [1.165, 1.54) is 5.56 Å². The maximum absolute atomic E-state index is 13.6. The van der Waals surface area contributed by atoms with Gasteiger partial charge in [0.15, 0.2) is 6.61 Å². The summed E-state index contributed by atoms with van der Waals surface area (Å²) in [6, 6.07) is 25.0. The van der Waals surface area contributed by atoms with Crippen LogP contribution in [0.1, 0.15) is 55.4 Å². The van der Waals surface area contributed by atoms with Gasteiger partial charge < -0.3 is 15.0 Å². The van der Waals surface area contributed by atoms with E-state index in [-0.39, 0.29) is 18.4 Å². The summed E-state index contributed by atoms with van der Waals surface area (Å²) in [5, 5.41) is 3.01. The number of nitrogens with zero attached hydrogens (tertiary/aromatic N) is 1. The normalized spacial score (nSPS) is 11.7. The van der Waals surface area contributed by atoms with Crippen LogP contribution in [-0.4, -0.2) is 35.9 Å². The predicted octanol–water partition coefficient (Wildman–Crippen LogP) is 5.66. The van der Waals surface area contributed by atoms with Crippen molar-refractivity contribution in [3.05, 3.63) is 101 Å². The molecule has 36 heavy (non-hydrogen) atoms. The van der Waals surface area contributed by atoms with Crippen molar-refractivity contribution >= 4 is 11.8 Å². The van der Waals surface area contributed by atoms with Gasteiger partial charge in [0.2, 0.25) is 5.91 Å². The smallest absolute Gasteiger partial charge is 0.261 e. The van der Waals surface area contributed by atoms with Crippen LogP contribution in [0.2, 0.25) is 0 Å². The quantitative estimate of drug-likeness (QED) is 0.359. The molecule has 0 aliphatic rings. The monoisotopic (exact) mass is 486 g/mol. The van der Waals surface area contributed by atoms with Gasteiger partial charge in [0.1, 0.15) is 11.8 Å². The molecule has 0 saturated carbocycles. The Morgan fingerprint density at radius 1 is 0.917 bits per heavy atom. The van der Waals surface area contributed by atoms with Gasteiger partial charge in [-0.15, -0.1) is 0 Å². The van der Waals surface area contributed by atoms with Crippen molar-refractivity contribution in [3.8, 4) is 5.75 Å². The van der Waals surface area contributed by atoms with Crippen LogP contribution in [-0.2, 0) is 22.6 Å². The standard InChI is InChI=1S/C31H38N2O3/c1-5-19-32-31(35)29(20-25-12-7-6-8-13-25)33(21-27-14-10-9-11-24(27)4)30(34)22-36-28-17-15-26(16-18-28)23(2)3/h6-18,23,29H,5,19-22H2,1-4H3,(H,32,35). The van der Waals surface area contributed by atoms with Crippen LogP contribution < -0.4 is 10.1 Å². The van der Waals surface area contributed by atoms with Crippen LogP contribution in [0.3, 0.4) is 0 Å². The van der Waals surface area contributed by atoms with Gasteiger partial charge in [0.25, 0.3) is 5.91 Å². The first kappa shape index (κ1) is 27.0. The van der Waals surface area contributed by atoms with Crippen molar-refractivity contribution < 1.29 is 14.3 Å². The number of ether oxygens (including phenoxy) is 1. The van der Waals surface area contributed by atoms with E-state index in [1.54, 1.807) is 4.90 Å². The molecule has 3 rings (SSSR count). The van der Waals surface area contributed by atoms with Gasteiger partial charge in [-0.25, -0.2) is 0 Å². The summed E-state index contributed by atoms with van der Waals surface area (Å²) in [4.78, 5) is 28.7. The fourth-order valence-electron chi connectivity index (χ4n) is 4.07. The van der Waals surface area contributed by atoms with E-state index >= 15 is 0 Å². The summed E-state index contributed by atoms with van der Waals surface area (Å²) < 4.78 is 5.89. The molecule has 0 fully saturated rings. The molecule has 1 unspecified atom stereocenters. The highest BCUT2D eigenvalue weighted by Gasteiger charge is 2.30. The van der Waals surface area contributed by atoms with E-state index in [4.69, 9.17) is 4.74 Å². The second kappa shape index (κ2) is 13.5. The predicted molar refractivity (Wildman–Crippen MR) is 145 cm³/mol. The molecular formula is C31H38N2O3. The van der Waals surface area contributed by atoms with E-state index in [9.17, 15) is 9.59 Å². The number of aryl methyl sites for hydroxylation is 1. The third-order valence-electron chi connectivity index (χ3n) is 6.33. The molecule has 0 bridgehead atoms. The molecule has 0 saturated heterocycles. The zero-order valence-corrected chi connectivity index (χ0v) is 21.9. The minimum absolute atomic E-state index is 0.140. The summed E-state index contributed by atoms with van der Waals surface area (Å²) >= 11 is 0. The minimum Gasteiger partial charge on any atom is -0.484 e. The molecule has 3 aromatic carbocycles. The van der Waals surface area contributed by atoms with Gasteiger partial charge in [-0.3, -0.25) is 9.59 Å². The highest BCUT2D eigenvalue weighted by molar-refractivity contribution is 5.88. The third kappa shape index (κ3) is 7.70. The SMILES string of the molecule is CCCNC(=O)C(Cc1ccccc1)N(Cc1ccccc1C)C(=O)COc1ccc(C(C)C)cc1. The number of rotatable bonds is 12. The van der Waals surface area contributed by atoms with Crippen LogP contribution in [0.5, 0.6) is 5.75 Å². The first-order valence-electron chi connectivity index (χ1n) is 12.8. The Hall–Kier alpha value is -3.60. The maximum atomic E-state index is 13.6. The number of amides is 2. The molecule has 5 nitrogen and oxygen atoms in total.